The fraction of sp³-hybridized carbons (Fsp3) is 0.590. The van der Waals surface area contributed by atoms with Crippen molar-refractivity contribution in [3.63, 3.8) is 0 Å². The molecular formula is C61H80N4O10Si. The molecule has 1 aromatic heterocycles. The second-order valence-electron chi connectivity index (χ2n) is 23.8. The van der Waals surface area contributed by atoms with E-state index in [1.807, 2.05) is 62.5 Å². The number of piperidine rings is 1. The van der Waals surface area contributed by atoms with Gasteiger partial charge < -0.3 is 43.5 Å². The number of H-pyrrole nitrogens is 1. The van der Waals surface area contributed by atoms with E-state index in [9.17, 15) is 15.0 Å². The molecule has 2 bridgehead atoms. The molecule has 7 heterocycles. The van der Waals surface area contributed by atoms with Gasteiger partial charge in [-0.15, -0.1) is 0 Å². The Labute approximate surface area is 449 Å². The number of carbonyl (C=O) groups excluding carboxylic acids is 3. The molecule has 4 aromatic rings. The number of anilines is 1. The van der Waals surface area contributed by atoms with Gasteiger partial charge in [0.2, 0.25) is 5.60 Å². The minimum atomic E-state index is -2.72. The number of unbranched alkanes of at least 4 members (excludes halogenated alkanes) is 1. The molecule has 2 unspecified atom stereocenters. The maximum Gasteiger partial charge on any atom is 0.342 e. The first-order valence-electron chi connectivity index (χ1n) is 28.4. The van der Waals surface area contributed by atoms with Crippen molar-refractivity contribution in [1.29, 1.82) is 0 Å². The molecule has 3 aromatic carbocycles. The molecule has 14 nitrogen and oxygen atoms in total. The van der Waals surface area contributed by atoms with Gasteiger partial charge in [0.15, 0.2) is 8.32 Å². The van der Waals surface area contributed by atoms with Crippen LogP contribution in [0.3, 0.4) is 0 Å². The molecule has 76 heavy (non-hydrogen) atoms. The number of hydrogen-bond acceptors (Lipinski definition) is 13. The lowest BCUT2D eigenvalue weighted by atomic mass is 9.47. The Kier molecular flexibility index (Phi) is 14.2. The zero-order chi connectivity index (χ0) is 53.3. The predicted octanol–water partition coefficient (Wildman–Crippen LogP) is 8.49. The van der Waals surface area contributed by atoms with Gasteiger partial charge in [-0.2, -0.15) is 0 Å². The van der Waals surface area contributed by atoms with Crippen molar-refractivity contribution in [2.45, 2.75) is 156 Å². The topological polar surface area (TPSA) is 163 Å². The van der Waals surface area contributed by atoms with Crippen molar-refractivity contribution in [3.05, 3.63) is 107 Å². The van der Waals surface area contributed by atoms with Crippen molar-refractivity contribution >= 4 is 42.8 Å². The fourth-order valence-corrected chi connectivity index (χ4v) is 21.4. The van der Waals surface area contributed by atoms with Crippen LogP contribution in [-0.2, 0) is 56.9 Å². The van der Waals surface area contributed by atoms with Crippen LogP contribution in [0, 0.1) is 11.3 Å². The van der Waals surface area contributed by atoms with Gasteiger partial charge in [0.1, 0.15) is 17.8 Å². The number of para-hydroxylation sites is 1. The summed E-state index contributed by atoms with van der Waals surface area (Å²) < 4.78 is 32.1. The van der Waals surface area contributed by atoms with Gasteiger partial charge in [-0.05, 0) is 104 Å². The number of aromatic amines is 1. The summed E-state index contributed by atoms with van der Waals surface area (Å²) in [7, 11) is 3.77. The molecule has 1 saturated carbocycles. The molecule has 6 aliphatic heterocycles. The van der Waals surface area contributed by atoms with E-state index >= 15 is 9.59 Å². The fourth-order valence-electron chi connectivity index (χ4n) is 16.7. The average Bonchev–Trinajstić information content (AvgIpc) is 4.20. The van der Waals surface area contributed by atoms with Gasteiger partial charge in [0.05, 0.1) is 39.1 Å². The number of aromatic nitrogens is 1. The highest BCUT2D eigenvalue weighted by atomic mass is 28.4. The van der Waals surface area contributed by atoms with E-state index in [0.717, 1.165) is 95.9 Å². The summed E-state index contributed by atoms with van der Waals surface area (Å²) in [4.78, 5) is 54.9. The SMILES string of the molecule is CC[C@]1(O)C[C@@H]2CN(CCc3c([nH]c4ccccc34)[C@@](C(=O)OC)(c3cc4c(cc3OC)N(C)C3[C@]45CCN4CC=C[C@@](CC)([C@@H](O[Si]6(CCCCC(=O)OCc7ccccc7)CCCCC6)[C@]3(O)C(=O)OC)[C@H]45)C2)C1. The highest BCUT2D eigenvalue weighted by Gasteiger charge is 2.80. The van der Waals surface area contributed by atoms with E-state index in [1.165, 1.54) is 14.2 Å². The van der Waals surface area contributed by atoms with Gasteiger partial charge in [-0.1, -0.05) is 100 Å². The third kappa shape index (κ3) is 8.21. The number of nitrogens with one attached hydrogen (secondary N) is 1. The number of esters is 3. The summed E-state index contributed by atoms with van der Waals surface area (Å²) in [5.41, 5.74) is -0.0587. The van der Waals surface area contributed by atoms with Crippen LogP contribution in [0.5, 0.6) is 5.75 Å². The molecule has 408 valence electrons. The Balaban J connectivity index is 1.05. The molecule has 3 saturated heterocycles. The van der Waals surface area contributed by atoms with Crippen LogP contribution in [0.1, 0.15) is 112 Å². The summed E-state index contributed by atoms with van der Waals surface area (Å²) >= 11 is 0. The van der Waals surface area contributed by atoms with E-state index in [2.05, 4.69) is 57.0 Å². The Bertz CT molecular complexity index is 2870. The quantitative estimate of drug-likeness (QED) is 0.0342. The molecule has 15 heteroatoms. The number of carbonyl (C=O) groups is 3. The summed E-state index contributed by atoms with van der Waals surface area (Å²) in [6.07, 6.45) is 11.7. The molecular weight excluding hydrogens is 977 g/mol. The zero-order valence-electron chi connectivity index (χ0n) is 45.7. The van der Waals surface area contributed by atoms with Crippen LogP contribution in [0.2, 0.25) is 18.1 Å². The Morgan fingerprint density at radius 2 is 1.62 bits per heavy atom. The zero-order valence-corrected chi connectivity index (χ0v) is 46.7. The monoisotopic (exact) mass is 1060 g/mol. The number of benzene rings is 3. The van der Waals surface area contributed by atoms with Crippen LogP contribution >= 0.6 is 0 Å². The second kappa shape index (κ2) is 20.3. The van der Waals surface area contributed by atoms with Crippen LogP contribution in [0.25, 0.3) is 10.9 Å². The molecule has 3 N–H and O–H groups in total. The first-order valence-corrected chi connectivity index (χ1v) is 30.9. The summed E-state index contributed by atoms with van der Waals surface area (Å²) in [6, 6.07) is 23.8. The van der Waals surface area contributed by atoms with E-state index in [0.29, 0.717) is 82.3 Å². The highest BCUT2D eigenvalue weighted by Crippen LogP contribution is 2.69. The van der Waals surface area contributed by atoms with Crippen LogP contribution < -0.4 is 9.64 Å². The summed E-state index contributed by atoms with van der Waals surface area (Å²) in [5.74, 6) is -0.941. The van der Waals surface area contributed by atoms with Gasteiger partial charge in [0, 0.05) is 90.4 Å². The smallest absolute Gasteiger partial charge is 0.342 e. The first-order chi connectivity index (χ1) is 36.7. The molecule has 7 aliphatic rings. The number of methoxy groups -OCH3 is 3. The van der Waals surface area contributed by atoms with Crippen LogP contribution in [0.4, 0.5) is 5.69 Å². The molecule has 0 radical (unpaired) electrons. The minimum absolute atomic E-state index is 0.0957. The lowest BCUT2D eigenvalue weighted by Gasteiger charge is -2.65. The van der Waals surface area contributed by atoms with Gasteiger partial charge in [-0.25, -0.2) is 4.79 Å². The molecule has 10 atom stereocenters. The maximum absolute atomic E-state index is 15.7. The third-order valence-electron chi connectivity index (χ3n) is 20.0. The van der Waals surface area contributed by atoms with Crippen LogP contribution in [-0.4, -0.2) is 142 Å². The molecule has 1 aliphatic carbocycles. The van der Waals surface area contributed by atoms with Crippen LogP contribution in [0.15, 0.2) is 78.9 Å². The Morgan fingerprint density at radius 1 is 0.855 bits per heavy atom. The van der Waals surface area contributed by atoms with Gasteiger partial charge >= 0.3 is 17.9 Å². The maximum atomic E-state index is 15.7. The molecule has 11 rings (SSSR count). The van der Waals surface area contributed by atoms with Gasteiger partial charge in [-0.3, -0.25) is 19.4 Å². The second-order valence-corrected chi connectivity index (χ2v) is 27.9. The van der Waals surface area contributed by atoms with E-state index in [-0.39, 0.29) is 24.5 Å². The number of fused-ring (bicyclic) bond motifs is 6. The average molecular weight is 1060 g/mol. The molecule has 4 fully saturated rings. The largest absolute Gasteiger partial charge is 0.496 e. The van der Waals surface area contributed by atoms with E-state index in [4.69, 9.17) is 23.4 Å². The van der Waals surface area contributed by atoms with Crippen molar-refractivity contribution in [2.75, 3.05) is 66.0 Å². The Morgan fingerprint density at radius 3 is 2.36 bits per heavy atom. The van der Waals surface area contributed by atoms with Crippen molar-refractivity contribution in [2.24, 2.45) is 11.3 Å². The number of ether oxygens (including phenoxy) is 4. The minimum Gasteiger partial charge on any atom is -0.496 e. The number of likely N-dealkylation sites (N-methyl/N-ethyl adjacent to an activating group) is 1. The standard InChI is InChI=1S/C61H80N4O10Si/c1-7-57(69)36-42-37-60(55(67)72-5,51-44(25-29-64(38-42)40-57)43-22-13-14-23-47(43)62-51)46-34-45-48(35-49(46)71-4)63(3)53-59(45)27-30-65-28-19-26-58(8-2,52(59)65)54(61(53,70)56(68)73-6)75-76(31-16-10-17-32-76)33-18-15-24-50(66)74-39-41-20-11-9-12-21-41/h9,11-14,19-23,26,34-35,42,52-54,62,69-70H,7-8,10,15-18,24-25,27-33,36-40H2,1-6H3/t42-,52-,53?,54+,57-,58+,59+,60-,61-/m0/s1. The normalized spacial score (nSPS) is 33.2. The van der Waals surface area contributed by atoms with E-state index < -0.39 is 59.8 Å². The van der Waals surface area contributed by atoms with E-state index in [1.54, 1.807) is 7.11 Å². The molecule has 1 spiro atoms. The lowest BCUT2D eigenvalue weighted by Crippen LogP contribution is -2.82. The van der Waals surface area contributed by atoms with Gasteiger partial charge in [0.25, 0.3) is 0 Å². The predicted molar refractivity (Wildman–Crippen MR) is 294 cm³/mol. The highest BCUT2D eigenvalue weighted by molar-refractivity contribution is 6.74. The lowest BCUT2D eigenvalue weighted by molar-refractivity contribution is -0.214. The van der Waals surface area contributed by atoms with Crippen molar-refractivity contribution < 1.29 is 48.0 Å². The van der Waals surface area contributed by atoms with Crippen molar-refractivity contribution in [1.82, 2.24) is 14.8 Å². The summed E-state index contributed by atoms with van der Waals surface area (Å²) in [6.45, 7) is 7.89. The summed E-state index contributed by atoms with van der Waals surface area (Å²) in [5, 5.41) is 27.6. The molecule has 0 amide bonds. The van der Waals surface area contributed by atoms with Crippen molar-refractivity contribution in [3.8, 4) is 5.75 Å². The number of hydrogen-bond donors (Lipinski definition) is 3. The first kappa shape index (κ1) is 53.0. The number of aliphatic hydroxyl groups is 2. The third-order valence-corrected chi connectivity index (χ3v) is 24.5. The number of nitrogens with zero attached hydrogens (tertiary/aromatic N) is 3. The number of rotatable bonds is 15. The Hall–Kier alpha value is -5.03.